The van der Waals surface area contributed by atoms with E-state index in [4.69, 9.17) is 18.6 Å². The maximum absolute atomic E-state index is 13.8. The molecule has 0 saturated carbocycles. The number of hydrogen-bond donors (Lipinski definition) is 0. The van der Waals surface area contributed by atoms with E-state index in [0.29, 0.717) is 60.9 Å². The van der Waals surface area contributed by atoms with E-state index in [1.165, 1.54) is 0 Å². The molecule has 1 amide bonds. The number of amides is 1. The Morgan fingerprint density at radius 1 is 1.03 bits per heavy atom. The van der Waals surface area contributed by atoms with E-state index in [9.17, 15) is 9.59 Å². The zero-order chi connectivity index (χ0) is 25.2. The van der Waals surface area contributed by atoms with E-state index in [2.05, 4.69) is 4.90 Å². The number of methoxy groups -OCH3 is 1. The maximum Gasteiger partial charge on any atom is 0.290 e. The Morgan fingerprint density at radius 2 is 1.83 bits per heavy atom. The van der Waals surface area contributed by atoms with Crippen molar-refractivity contribution in [2.24, 2.45) is 0 Å². The first-order chi connectivity index (χ1) is 17.5. The van der Waals surface area contributed by atoms with Gasteiger partial charge in [-0.1, -0.05) is 24.6 Å². The average Bonchev–Trinajstić information content (AvgIpc) is 3.18. The van der Waals surface area contributed by atoms with Crippen LogP contribution < -0.4 is 14.9 Å². The highest BCUT2D eigenvalue weighted by Gasteiger charge is 2.43. The normalized spacial score (nSPS) is 18.0. The largest absolute Gasteiger partial charge is 0.493 e. The summed E-state index contributed by atoms with van der Waals surface area (Å²) in [6.45, 7) is 8.68. The van der Waals surface area contributed by atoms with Gasteiger partial charge >= 0.3 is 0 Å². The number of carbonyl (C=O) groups is 1. The minimum atomic E-state index is -0.580. The van der Waals surface area contributed by atoms with Crippen LogP contribution in [0, 0.1) is 6.92 Å². The molecule has 36 heavy (non-hydrogen) atoms. The molecule has 1 aromatic heterocycles. The summed E-state index contributed by atoms with van der Waals surface area (Å²) < 4.78 is 23.0. The van der Waals surface area contributed by atoms with Crippen molar-refractivity contribution in [2.45, 2.75) is 26.3 Å². The summed E-state index contributed by atoms with van der Waals surface area (Å²) in [6, 6.07) is 10.5. The van der Waals surface area contributed by atoms with Gasteiger partial charge < -0.3 is 23.5 Å². The zero-order valence-electron chi connectivity index (χ0n) is 21.0. The van der Waals surface area contributed by atoms with Crippen LogP contribution in [0.1, 0.15) is 46.6 Å². The molecule has 0 unspecified atom stereocenters. The number of fused-ring (bicyclic) bond motifs is 2. The highest BCUT2D eigenvalue weighted by Crippen LogP contribution is 2.41. The van der Waals surface area contributed by atoms with E-state index in [1.54, 1.807) is 18.1 Å². The van der Waals surface area contributed by atoms with Crippen molar-refractivity contribution in [3.63, 3.8) is 0 Å². The fourth-order valence-electron chi connectivity index (χ4n) is 4.97. The number of hydrogen-bond acceptors (Lipinski definition) is 7. The maximum atomic E-state index is 13.8. The topological polar surface area (TPSA) is 81.5 Å². The van der Waals surface area contributed by atoms with Gasteiger partial charge in [0.2, 0.25) is 5.76 Å². The molecular weight excluding hydrogens is 460 g/mol. The van der Waals surface area contributed by atoms with Crippen LogP contribution in [0.25, 0.3) is 11.0 Å². The molecule has 5 rings (SSSR count). The summed E-state index contributed by atoms with van der Waals surface area (Å²) in [7, 11) is 1.59. The van der Waals surface area contributed by atoms with Crippen LogP contribution in [0.15, 0.2) is 45.6 Å². The lowest BCUT2D eigenvalue weighted by atomic mass is 9.97. The van der Waals surface area contributed by atoms with Crippen LogP contribution >= 0.6 is 0 Å². The highest BCUT2D eigenvalue weighted by molar-refractivity contribution is 5.99. The summed E-state index contributed by atoms with van der Waals surface area (Å²) in [5.41, 5.74) is 2.37. The summed E-state index contributed by atoms with van der Waals surface area (Å²) in [5, 5.41) is 0.483. The fraction of sp³-hybridized carbons (Fsp3) is 0.429. The molecule has 8 heteroatoms. The number of nitrogens with zero attached hydrogens (tertiary/aromatic N) is 2. The van der Waals surface area contributed by atoms with Crippen molar-refractivity contribution in [2.75, 3.05) is 53.1 Å². The van der Waals surface area contributed by atoms with E-state index in [0.717, 1.165) is 30.6 Å². The first kappa shape index (κ1) is 24.3. The zero-order valence-corrected chi connectivity index (χ0v) is 21.0. The average molecular weight is 493 g/mol. The lowest BCUT2D eigenvalue weighted by molar-refractivity contribution is 0.0314. The molecule has 1 fully saturated rings. The highest BCUT2D eigenvalue weighted by atomic mass is 16.5. The second-order valence-corrected chi connectivity index (χ2v) is 9.29. The molecule has 2 aliphatic rings. The molecule has 0 N–H and O–H groups in total. The quantitative estimate of drug-likeness (QED) is 0.473. The first-order valence-corrected chi connectivity index (χ1v) is 12.5. The SMILES string of the molecule is CCCOc1ccc([C@@H]2c3c(oc4ccc(C)cc4c3=O)C(=O)N2CCN2CCOCC2)cc1OC. The number of carbonyl (C=O) groups excluding carboxylic acids is 1. The second kappa shape index (κ2) is 10.3. The predicted octanol–water partition coefficient (Wildman–Crippen LogP) is 3.78. The van der Waals surface area contributed by atoms with Gasteiger partial charge in [-0.3, -0.25) is 14.5 Å². The minimum absolute atomic E-state index is 0.119. The molecule has 190 valence electrons. The molecule has 0 radical (unpaired) electrons. The monoisotopic (exact) mass is 492 g/mol. The van der Waals surface area contributed by atoms with Crippen molar-refractivity contribution in [1.29, 1.82) is 0 Å². The Labute approximate surface area is 210 Å². The Bertz CT molecular complexity index is 1330. The Kier molecular flexibility index (Phi) is 6.98. The van der Waals surface area contributed by atoms with Gasteiger partial charge in [-0.15, -0.1) is 0 Å². The summed E-state index contributed by atoms with van der Waals surface area (Å²) in [5.74, 6) is 1.05. The Hall–Kier alpha value is -3.36. The standard InChI is InChI=1S/C28H32N2O6/c1-4-13-35-22-8-6-19(17-23(22)33-3)25-24-26(31)20-16-18(2)5-7-21(20)36-27(24)28(32)30(25)10-9-29-11-14-34-15-12-29/h5-8,16-17,25H,4,9-15H2,1-3H3/t25-/m1/s1. The summed E-state index contributed by atoms with van der Waals surface area (Å²) in [6.07, 6.45) is 0.873. The molecule has 0 spiro atoms. The van der Waals surface area contributed by atoms with Gasteiger partial charge in [-0.2, -0.15) is 0 Å². The van der Waals surface area contributed by atoms with E-state index < -0.39 is 6.04 Å². The van der Waals surface area contributed by atoms with Gasteiger partial charge in [0.25, 0.3) is 5.91 Å². The van der Waals surface area contributed by atoms with Crippen LogP contribution in [0.2, 0.25) is 0 Å². The first-order valence-electron chi connectivity index (χ1n) is 12.5. The second-order valence-electron chi connectivity index (χ2n) is 9.29. The molecule has 3 heterocycles. The van der Waals surface area contributed by atoms with Crippen LogP contribution in [0.3, 0.4) is 0 Å². The van der Waals surface area contributed by atoms with Gasteiger partial charge in [0, 0.05) is 26.2 Å². The number of rotatable bonds is 8. The van der Waals surface area contributed by atoms with Crippen LogP contribution in [0.4, 0.5) is 0 Å². The van der Waals surface area contributed by atoms with Crippen molar-refractivity contribution < 1.29 is 23.4 Å². The molecule has 1 saturated heterocycles. The van der Waals surface area contributed by atoms with Crippen LogP contribution in [-0.4, -0.2) is 68.8 Å². The summed E-state index contributed by atoms with van der Waals surface area (Å²) >= 11 is 0. The van der Waals surface area contributed by atoms with Crippen LogP contribution in [-0.2, 0) is 4.74 Å². The van der Waals surface area contributed by atoms with E-state index >= 15 is 0 Å². The van der Waals surface area contributed by atoms with Gasteiger partial charge in [0.05, 0.1) is 43.9 Å². The molecule has 0 bridgehead atoms. The molecular formula is C28H32N2O6. The minimum Gasteiger partial charge on any atom is -0.493 e. The third kappa shape index (κ3) is 4.47. The third-order valence-electron chi connectivity index (χ3n) is 6.85. The number of ether oxygens (including phenoxy) is 3. The molecule has 0 aliphatic carbocycles. The predicted molar refractivity (Wildman–Crippen MR) is 136 cm³/mol. The molecule has 2 aromatic carbocycles. The Morgan fingerprint density at radius 3 is 2.58 bits per heavy atom. The number of benzene rings is 2. The smallest absolute Gasteiger partial charge is 0.290 e. The molecule has 3 aromatic rings. The Balaban J connectivity index is 1.60. The van der Waals surface area contributed by atoms with E-state index in [-0.39, 0.29) is 17.1 Å². The summed E-state index contributed by atoms with van der Waals surface area (Å²) in [4.78, 5) is 31.5. The van der Waals surface area contributed by atoms with Gasteiger partial charge in [-0.25, -0.2) is 0 Å². The van der Waals surface area contributed by atoms with Crippen LogP contribution in [0.5, 0.6) is 11.5 Å². The lowest BCUT2D eigenvalue weighted by Crippen LogP contribution is -2.42. The molecule has 2 aliphatic heterocycles. The number of morpholine rings is 1. The van der Waals surface area contributed by atoms with Crippen molar-refractivity contribution in [3.8, 4) is 11.5 Å². The molecule has 1 atom stereocenters. The van der Waals surface area contributed by atoms with Crippen molar-refractivity contribution in [3.05, 3.63) is 69.1 Å². The van der Waals surface area contributed by atoms with Gasteiger partial charge in [0.15, 0.2) is 16.9 Å². The lowest BCUT2D eigenvalue weighted by Gasteiger charge is -2.31. The van der Waals surface area contributed by atoms with Crippen molar-refractivity contribution >= 4 is 16.9 Å². The van der Waals surface area contributed by atoms with Gasteiger partial charge in [0.1, 0.15) is 5.58 Å². The number of aryl methyl sites for hydroxylation is 1. The van der Waals surface area contributed by atoms with Crippen molar-refractivity contribution in [1.82, 2.24) is 9.80 Å². The molecule has 8 nitrogen and oxygen atoms in total. The fourth-order valence-corrected chi connectivity index (χ4v) is 4.97. The van der Waals surface area contributed by atoms with E-state index in [1.807, 2.05) is 44.2 Å². The van der Waals surface area contributed by atoms with Gasteiger partial charge in [-0.05, 0) is 43.2 Å². The third-order valence-corrected chi connectivity index (χ3v) is 6.85.